The molecule has 0 aliphatic heterocycles. The first-order valence-electron chi connectivity index (χ1n) is 4.94. The molecule has 0 spiro atoms. The Kier molecular flexibility index (Phi) is 3.93. The molecular formula is C12H7BrClFN2O. The zero-order valence-corrected chi connectivity index (χ0v) is 11.3. The number of benzene rings is 1. The van der Waals surface area contributed by atoms with Crippen molar-refractivity contribution in [3.05, 3.63) is 57.5 Å². The number of nitrogens with zero attached hydrogens (tertiary/aromatic N) is 1. The number of halogens is 3. The van der Waals surface area contributed by atoms with Gasteiger partial charge >= 0.3 is 0 Å². The lowest BCUT2D eigenvalue weighted by molar-refractivity contribution is 0.102. The zero-order valence-electron chi connectivity index (χ0n) is 8.95. The van der Waals surface area contributed by atoms with E-state index in [2.05, 4.69) is 26.2 Å². The van der Waals surface area contributed by atoms with Gasteiger partial charge in [-0.2, -0.15) is 0 Å². The largest absolute Gasteiger partial charge is 0.321 e. The third-order valence-corrected chi connectivity index (χ3v) is 3.07. The molecule has 3 nitrogen and oxygen atoms in total. The second kappa shape index (κ2) is 5.46. The Morgan fingerprint density at radius 1 is 1.33 bits per heavy atom. The smallest absolute Gasteiger partial charge is 0.256 e. The number of nitrogens with one attached hydrogen (secondary N) is 1. The van der Waals surface area contributed by atoms with E-state index in [-0.39, 0.29) is 5.56 Å². The van der Waals surface area contributed by atoms with Gasteiger partial charge in [0.05, 0.1) is 17.4 Å². The van der Waals surface area contributed by atoms with Crippen molar-refractivity contribution >= 4 is 39.1 Å². The number of carbonyl (C=O) groups excluding carboxylic acids is 1. The maximum absolute atomic E-state index is 13.1. The van der Waals surface area contributed by atoms with E-state index < -0.39 is 11.7 Å². The van der Waals surface area contributed by atoms with E-state index in [1.807, 2.05) is 0 Å². The van der Waals surface area contributed by atoms with Crippen LogP contribution in [-0.4, -0.2) is 10.9 Å². The molecule has 1 N–H and O–H groups in total. The van der Waals surface area contributed by atoms with Crippen LogP contribution in [0.5, 0.6) is 0 Å². The first-order valence-corrected chi connectivity index (χ1v) is 6.11. The van der Waals surface area contributed by atoms with Crippen LogP contribution in [0.25, 0.3) is 0 Å². The highest BCUT2D eigenvalue weighted by Gasteiger charge is 2.11. The van der Waals surface area contributed by atoms with Gasteiger partial charge in [-0.1, -0.05) is 11.6 Å². The number of rotatable bonds is 2. The van der Waals surface area contributed by atoms with Crippen molar-refractivity contribution in [3.63, 3.8) is 0 Å². The minimum Gasteiger partial charge on any atom is -0.321 e. The monoisotopic (exact) mass is 328 g/mol. The van der Waals surface area contributed by atoms with E-state index in [0.717, 1.165) is 6.07 Å². The maximum Gasteiger partial charge on any atom is 0.256 e. The van der Waals surface area contributed by atoms with Crippen molar-refractivity contribution in [2.75, 3.05) is 5.32 Å². The molecule has 1 amide bonds. The third kappa shape index (κ3) is 3.05. The van der Waals surface area contributed by atoms with Crippen LogP contribution in [-0.2, 0) is 0 Å². The summed E-state index contributed by atoms with van der Waals surface area (Å²) in [5.74, 6) is -0.900. The lowest BCUT2D eigenvalue weighted by Crippen LogP contribution is -2.13. The molecule has 1 heterocycles. The molecule has 18 heavy (non-hydrogen) atoms. The normalized spacial score (nSPS) is 10.2. The van der Waals surface area contributed by atoms with Crippen molar-refractivity contribution in [1.29, 1.82) is 0 Å². The maximum atomic E-state index is 13.1. The number of anilines is 1. The Hall–Kier alpha value is -1.46. The molecule has 0 fully saturated rings. The summed E-state index contributed by atoms with van der Waals surface area (Å²) in [7, 11) is 0. The van der Waals surface area contributed by atoms with Gasteiger partial charge in [0.25, 0.3) is 5.91 Å². The molecule has 1 aromatic carbocycles. The summed E-state index contributed by atoms with van der Waals surface area (Å²) >= 11 is 8.82. The molecule has 2 aromatic rings. The predicted molar refractivity (Wildman–Crippen MR) is 71.3 cm³/mol. The van der Waals surface area contributed by atoms with Gasteiger partial charge in [0.15, 0.2) is 0 Å². The van der Waals surface area contributed by atoms with Crippen LogP contribution in [0.3, 0.4) is 0 Å². The molecule has 0 aliphatic carbocycles. The summed E-state index contributed by atoms with van der Waals surface area (Å²) in [6.45, 7) is 0. The van der Waals surface area contributed by atoms with E-state index in [4.69, 9.17) is 11.6 Å². The molecule has 0 unspecified atom stereocenters. The predicted octanol–water partition coefficient (Wildman–Crippen LogP) is 3.89. The van der Waals surface area contributed by atoms with E-state index >= 15 is 0 Å². The topological polar surface area (TPSA) is 42.0 Å². The van der Waals surface area contributed by atoms with Crippen LogP contribution >= 0.6 is 27.5 Å². The van der Waals surface area contributed by atoms with Gasteiger partial charge in [0.2, 0.25) is 0 Å². The first-order chi connectivity index (χ1) is 8.56. The van der Waals surface area contributed by atoms with E-state index in [9.17, 15) is 9.18 Å². The van der Waals surface area contributed by atoms with Crippen molar-refractivity contribution in [1.82, 2.24) is 4.98 Å². The molecule has 2 rings (SSSR count). The molecule has 0 bridgehead atoms. The first kappa shape index (κ1) is 13.0. The van der Waals surface area contributed by atoms with Gasteiger partial charge in [-0.25, -0.2) is 9.37 Å². The fourth-order valence-corrected chi connectivity index (χ4v) is 1.86. The van der Waals surface area contributed by atoms with Gasteiger partial charge in [-0.3, -0.25) is 4.79 Å². The van der Waals surface area contributed by atoms with E-state index in [1.165, 1.54) is 18.3 Å². The Balaban J connectivity index is 2.21. The SMILES string of the molecule is O=C(Nc1ccc(Cl)nc1)c1cc(F)ccc1Br. The lowest BCUT2D eigenvalue weighted by Gasteiger charge is -2.06. The summed E-state index contributed by atoms with van der Waals surface area (Å²) in [6.07, 6.45) is 1.42. The van der Waals surface area contributed by atoms with Crippen molar-refractivity contribution in [2.24, 2.45) is 0 Å². The van der Waals surface area contributed by atoms with Gasteiger partial charge in [-0.05, 0) is 46.3 Å². The fraction of sp³-hybridized carbons (Fsp3) is 0. The summed E-state index contributed by atoms with van der Waals surface area (Å²) in [6, 6.07) is 7.07. The number of aromatic nitrogens is 1. The summed E-state index contributed by atoms with van der Waals surface area (Å²) in [5.41, 5.74) is 0.700. The average Bonchev–Trinajstić information content (AvgIpc) is 2.35. The highest BCUT2D eigenvalue weighted by Crippen LogP contribution is 2.19. The highest BCUT2D eigenvalue weighted by atomic mass is 79.9. The highest BCUT2D eigenvalue weighted by molar-refractivity contribution is 9.10. The average molecular weight is 330 g/mol. The van der Waals surface area contributed by atoms with Crippen LogP contribution in [0.1, 0.15) is 10.4 Å². The van der Waals surface area contributed by atoms with Gasteiger partial charge < -0.3 is 5.32 Å². The number of hydrogen-bond donors (Lipinski definition) is 1. The molecular weight excluding hydrogens is 322 g/mol. The summed E-state index contributed by atoms with van der Waals surface area (Å²) in [5, 5.41) is 2.93. The second-order valence-electron chi connectivity index (χ2n) is 3.45. The summed E-state index contributed by atoms with van der Waals surface area (Å²) < 4.78 is 13.6. The Morgan fingerprint density at radius 3 is 2.78 bits per heavy atom. The minimum atomic E-state index is -0.474. The van der Waals surface area contributed by atoms with E-state index in [1.54, 1.807) is 12.1 Å². The molecule has 6 heteroatoms. The lowest BCUT2D eigenvalue weighted by atomic mass is 10.2. The van der Waals surface area contributed by atoms with Gasteiger partial charge in [-0.15, -0.1) is 0 Å². The van der Waals surface area contributed by atoms with Gasteiger partial charge in [0, 0.05) is 4.47 Å². The zero-order chi connectivity index (χ0) is 13.1. The van der Waals surface area contributed by atoms with Crippen molar-refractivity contribution in [2.45, 2.75) is 0 Å². The van der Waals surface area contributed by atoms with Crippen molar-refractivity contribution in [3.8, 4) is 0 Å². The Labute approximate surface area is 116 Å². The molecule has 92 valence electrons. The molecule has 0 saturated carbocycles. The van der Waals surface area contributed by atoms with E-state index in [0.29, 0.717) is 15.3 Å². The quantitative estimate of drug-likeness (QED) is 0.849. The number of amides is 1. The summed E-state index contributed by atoms with van der Waals surface area (Å²) in [4.78, 5) is 15.7. The molecule has 0 atom stereocenters. The van der Waals surface area contributed by atoms with Crippen LogP contribution in [0.4, 0.5) is 10.1 Å². The fourth-order valence-electron chi connectivity index (χ4n) is 1.32. The Bertz CT molecular complexity index is 589. The number of carbonyl (C=O) groups is 1. The van der Waals surface area contributed by atoms with Crippen LogP contribution in [0.2, 0.25) is 5.15 Å². The van der Waals surface area contributed by atoms with Gasteiger partial charge in [0.1, 0.15) is 11.0 Å². The number of pyridine rings is 1. The number of hydrogen-bond acceptors (Lipinski definition) is 2. The molecule has 0 aliphatic rings. The second-order valence-corrected chi connectivity index (χ2v) is 4.69. The standard InChI is InChI=1S/C12H7BrClFN2O/c13-10-3-1-7(15)5-9(10)12(18)17-8-2-4-11(14)16-6-8/h1-6H,(H,17,18). The Morgan fingerprint density at radius 2 is 2.11 bits per heavy atom. The van der Waals surface area contributed by atoms with Crippen LogP contribution in [0.15, 0.2) is 41.0 Å². The molecule has 1 aromatic heterocycles. The molecule has 0 saturated heterocycles. The third-order valence-electron chi connectivity index (χ3n) is 2.16. The van der Waals surface area contributed by atoms with Crippen LogP contribution in [0, 0.1) is 5.82 Å². The molecule has 0 radical (unpaired) electrons. The van der Waals surface area contributed by atoms with Crippen molar-refractivity contribution < 1.29 is 9.18 Å². The minimum absolute atomic E-state index is 0.213. The van der Waals surface area contributed by atoms with Crippen LogP contribution < -0.4 is 5.32 Å².